The number of hydrogen-bond donors (Lipinski definition) is 0. The molecular weight excluding hydrogens is 687 g/mol. The van der Waals surface area contributed by atoms with Crippen molar-refractivity contribution in [3.63, 3.8) is 0 Å². The van der Waals surface area contributed by atoms with Crippen LogP contribution in [0.4, 0.5) is 17.1 Å². The number of fused-ring (bicyclic) bond motifs is 4. The van der Waals surface area contributed by atoms with Gasteiger partial charge < -0.3 is 14.5 Å². The SMILES string of the molecule is CN1CN(c2cc(Oc3ccc4c5ccccc5n(-c5cc(C6(c7ccncc7)C7CC8CC(C7)CC6C8)ccn5)c4c3)cc(C(C)(C)C)c2)c2ccccc21. The lowest BCUT2D eigenvalue weighted by molar-refractivity contribution is -0.0418. The van der Waals surface area contributed by atoms with Gasteiger partial charge in [0.2, 0.25) is 0 Å². The van der Waals surface area contributed by atoms with Crippen LogP contribution in [0.15, 0.2) is 128 Å². The molecule has 7 aromatic rings. The minimum atomic E-state index is -0.0583. The van der Waals surface area contributed by atoms with Crippen molar-refractivity contribution >= 4 is 38.9 Å². The lowest BCUT2D eigenvalue weighted by Crippen LogP contribution is -2.56. The topological polar surface area (TPSA) is 46.4 Å². The smallest absolute Gasteiger partial charge is 0.137 e. The number of nitrogens with zero attached hydrogens (tertiary/aromatic N) is 5. The van der Waals surface area contributed by atoms with Crippen molar-refractivity contribution in [1.29, 1.82) is 0 Å². The molecule has 12 rings (SSSR count). The molecule has 6 heteroatoms. The highest BCUT2D eigenvalue weighted by atomic mass is 16.5. The summed E-state index contributed by atoms with van der Waals surface area (Å²) in [6.07, 6.45) is 12.8. The van der Waals surface area contributed by atoms with E-state index in [4.69, 9.17) is 9.72 Å². The summed E-state index contributed by atoms with van der Waals surface area (Å²) >= 11 is 0. The molecule has 1 aliphatic heterocycles. The summed E-state index contributed by atoms with van der Waals surface area (Å²) in [5.74, 6) is 5.62. The van der Waals surface area contributed by atoms with Gasteiger partial charge in [0.05, 0.1) is 29.1 Å². The van der Waals surface area contributed by atoms with E-state index in [0.717, 1.165) is 52.5 Å². The van der Waals surface area contributed by atoms with Crippen molar-refractivity contribution in [2.24, 2.45) is 23.7 Å². The fourth-order valence-corrected chi connectivity index (χ4v) is 11.7. The molecule has 4 bridgehead atoms. The average Bonchev–Trinajstić information content (AvgIpc) is 3.72. The van der Waals surface area contributed by atoms with E-state index in [9.17, 15) is 0 Å². The number of anilines is 3. The molecule has 280 valence electrons. The molecule has 3 aromatic heterocycles. The molecule has 4 saturated carbocycles. The van der Waals surface area contributed by atoms with E-state index >= 15 is 0 Å². The molecule has 0 radical (unpaired) electrons. The fraction of sp³-hybridized carbons (Fsp3) is 0.320. The van der Waals surface area contributed by atoms with Crippen LogP contribution in [-0.4, -0.2) is 28.3 Å². The third-order valence-electron chi connectivity index (χ3n) is 13.9. The largest absolute Gasteiger partial charge is 0.457 e. The van der Waals surface area contributed by atoms with Crippen molar-refractivity contribution in [2.45, 2.75) is 63.7 Å². The Morgan fingerprint density at radius 3 is 2.11 bits per heavy atom. The van der Waals surface area contributed by atoms with Gasteiger partial charge in [0.25, 0.3) is 0 Å². The number of pyridine rings is 2. The predicted molar refractivity (Wildman–Crippen MR) is 228 cm³/mol. The van der Waals surface area contributed by atoms with Gasteiger partial charge in [0, 0.05) is 59.6 Å². The summed E-state index contributed by atoms with van der Waals surface area (Å²) < 4.78 is 9.27. The molecule has 6 nitrogen and oxygen atoms in total. The number of ether oxygens (including phenoxy) is 1. The van der Waals surface area contributed by atoms with Gasteiger partial charge in [-0.15, -0.1) is 0 Å². The molecule has 4 heterocycles. The Bertz CT molecular complexity index is 2610. The monoisotopic (exact) mass is 735 g/mol. The standard InChI is InChI=1S/C50H49N5O/c1-49(2,3)36-26-39(54-31-53(4)45-11-7-8-12-46(45)54)29-41(27-36)56-40-13-14-43-42-9-5-6-10-44(42)55(47(43)30-40)48-28-35(17-20-52-48)50(34-15-18-51-19-16-34)37-22-32-21-33(24-37)25-38(50)23-32/h5-20,26-30,32-33,37-38H,21-25,31H2,1-4H3. The van der Waals surface area contributed by atoms with E-state index in [1.807, 2.05) is 12.4 Å². The molecule has 4 fully saturated rings. The maximum atomic E-state index is 6.90. The lowest BCUT2D eigenvalue weighted by atomic mass is 9.42. The third-order valence-corrected chi connectivity index (χ3v) is 13.9. The van der Waals surface area contributed by atoms with Crippen molar-refractivity contribution in [3.8, 4) is 17.3 Å². The first-order chi connectivity index (χ1) is 27.2. The zero-order valence-corrected chi connectivity index (χ0v) is 32.8. The summed E-state index contributed by atoms with van der Waals surface area (Å²) in [5.41, 5.74) is 9.82. The van der Waals surface area contributed by atoms with Crippen LogP contribution in [-0.2, 0) is 10.8 Å². The van der Waals surface area contributed by atoms with E-state index in [1.165, 1.54) is 70.9 Å². The summed E-state index contributed by atoms with van der Waals surface area (Å²) in [4.78, 5) is 14.3. The van der Waals surface area contributed by atoms with Gasteiger partial charge in [-0.3, -0.25) is 9.55 Å². The molecule has 56 heavy (non-hydrogen) atoms. The first-order valence-corrected chi connectivity index (χ1v) is 20.6. The molecule has 4 aliphatic carbocycles. The van der Waals surface area contributed by atoms with E-state index < -0.39 is 0 Å². The number of para-hydroxylation sites is 3. The van der Waals surface area contributed by atoms with Crippen LogP contribution < -0.4 is 14.5 Å². The summed E-state index contributed by atoms with van der Waals surface area (Å²) in [5, 5.41) is 2.41. The van der Waals surface area contributed by atoms with Gasteiger partial charge in [-0.05, 0) is 145 Å². The number of hydrogen-bond acceptors (Lipinski definition) is 5. The molecular formula is C50H49N5O. The van der Waals surface area contributed by atoms with Crippen molar-refractivity contribution < 1.29 is 4.74 Å². The Labute approximate surface area is 329 Å². The molecule has 0 saturated heterocycles. The normalized spacial score (nSPS) is 24.0. The van der Waals surface area contributed by atoms with Gasteiger partial charge in [-0.1, -0.05) is 51.1 Å². The lowest BCUT2D eigenvalue weighted by Gasteiger charge is -2.62. The van der Waals surface area contributed by atoms with Crippen LogP contribution in [0.1, 0.15) is 69.6 Å². The van der Waals surface area contributed by atoms with Gasteiger partial charge in [0.15, 0.2) is 0 Å². The maximum absolute atomic E-state index is 6.90. The summed E-state index contributed by atoms with van der Waals surface area (Å²) in [6, 6.07) is 40.0. The zero-order valence-electron chi connectivity index (χ0n) is 32.8. The molecule has 0 amide bonds. The molecule has 0 N–H and O–H groups in total. The minimum absolute atomic E-state index is 0.0263. The predicted octanol–water partition coefficient (Wildman–Crippen LogP) is 12.0. The van der Waals surface area contributed by atoms with Crippen molar-refractivity contribution in [3.05, 3.63) is 144 Å². The highest BCUT2D eigenvalue weighted by molar-refractivity contribution is 6.09. The number of rotatable bonds is 6. The van der Waals surface area contributed by atoms with Gasteiger partial charge in [-0.2, -0.15) is 0 Å². The fourth-order valence-electron chi connectivity index (χ4n) is 11.7. The highest BCUT2D eigenvalue weighted by Crippen LogP contribution is 2.65. The average molecular weight is 736 g/mol. The Kier molecular flexibility index (Phi) is 7.49. The number of benzene rings is 4. The minimum Gasteiger partial charge on any atom is -0.457 e. The van der Waals surface area contributed by atoms with Crippen molar-refractivity contribution in [2.75, 3.05) is 23.5 Å². The molecule has 0 spiro atoms. The Hall–Kier alpha value is -5.62. The second-order valence-electron chi connectivity index (χ2n) is 18.2. The second-order valence-corrected chi connectivity index (χ2v) is 18.2. The highest BCUT2D eigenvalue weighted by Gasteiger charge is 2.58. The Morgan fingerprint density at radius 1 is 0.643 bits per heavy atom. The van der Waals surface area contributed by atoms with Crippen LogP contribution in [0.3, 0.4) is 0 Å². The van der Waals surface area contributed by atoms with Crippen LogP contribution >= 0.6 is 0 Å². The first kappa shape index (κ1) is 33.7. The van der Waals surface area contributed by atoms with Crippen LogP contribution in [0.25, 0.3) is 27.6 Å². The second kappa shape index (κ2) is 12.4. The first-order valence-electron chi connectivity index (χ1n) is 20.6. The molecule has 5 aliphatic rings. The van der Waals surface area contributed by atoms with E-state index in [0.29, 0.717) is 11.8 Å². The van der Waals surface area contributed by atoms with Crippen LogP contribution in [0.2, 0.25) is 0 Å². The Morgan fingerprint density at radius 2 is 1.34 bits per heavy atom. The van der Waals surface area contributed by atoms with E-state index in [1.54, 1.807) is 0 Å². The summed E-state index contributed by atoms with van der Waals surface area (Å²) in [7, 11) is 2.16. The number of aromatic nitrogens is 3. The third kappa shape index (κ3) is 5.14. The quantitative estimate of drug-likeness (QED) is 0.170. The van der Waals surface area contributed by atoms with Crippen LogP contribution in [0, 0.1) is 23.7 Å². The molecule has 0 atom stereocenters. The molecule has 0 unspecified atom stereocenters. The summed E-state index contributed by atoms with van der Waals surface area (Å²) in [6.45, 7) is 7.60. The Balaban J connectivity index is 1.03. The van der Waals surface area contributed by atoms with Crippen molar-refractivity contribution in [1.82, 2.24) is 14.5 Å². The van der Waals surface area contributed by atoms with Crippen LogP contribution in [0.5, 0.6) is 11.5 Å². The maximum Gasteiger partial charge on any atom is 0.137 e. The zero-order chi connectivity index (χ0) is 37.8. The van der Waals surface area contributed by atoms with Gasteiger partial charge >= 0.3 is 0 Å². The van der Waals surface area contributed by atoms with E-state index in [-0.39, 0.29) is 10.8 Å². The van der Waals surface area contributed by atoms with Gasteiger partial charge in [-0.25, -0.2) is 4.98 Å². The van der Waals surface area contributed by atoms with Gasteiger partial charge in [0.1, 0.15) is 17.3 Å². The molecule has 4 aromatic carbocycles. The van der Waals surface area contributed by atoms with E-state index in [2.05, 4.69) is 163 Å².